The van der Waals surface area contributed by atoms with E-state index in [-0.39, 0.29) is 23.4 Å². The summed E-state index contributed by atoms with van der Waals surface area (Å²) in [5.74, 6) is -0.935. The number of nitrogens with one attached hydrogen (secondary N) is 1. The zero-order chi connectivity index (χ0) is 28.7. The topological polar surface area (TPSA) is 86.8 Å². The molecule has 0 radical (unpaired) electrons. The van der Waals surface area contributed by atoms with Gasteiger partial charge in [-0.2, -0.15) is 0 Å². The Morgan fingerprint density at radius 1 is 0.974 bits per heavy atom. The van der Waals surface area contributed by atoms with Crippen molar-refractivity contribution in [3.05, 3.63) is 92.9 Å². The standard InChI is InChI=1S/C28H30BrCl2N3O4S/c1-4-19(2)32-28(36)20(3)33(17-21-13-14-23(30)16-26(21)31)27(35)18-34(24-10-8-9-22(29)15-24)39(37,38)25-11-6-5-7-12-25/h5-16,19-20H,4,17-18H2,1-3H3,(H,32,36)/t19-,20+/m0/s1. The number of sulfonamides is 1. The second-order valence-electron chi connectivity index (χ2n) is 9.06. The van der Waals surface area contributed by atoms with Crippen molar-refractivity contribution in [1.82, 2.24) is 10.2 Å². The number of benzene rings is 3. The Balaban J connectivity index is 2.04. The van der Waals surface area contributed by atoms with Gasteiger partial charge in [0.1, 0.15) is 12.6 Å². The fourth-order valence-electron chi connectivity index (χ4n) is 3.76. The van der Waals surface area contributed by atoms with Gasteiger partial charge in [-0.1, -0.05) is 76.4 Å². The molecule has 0 heterocycles. The van der Waals surface area contributed by atoms with Crippen molar-refractivity contribution in [3.8, 4) is 0 Å². The van der Waals surface area contributed by atoms with E-state index in [2.05, 4.69) is 21.2 Å². The monoisotopic (exact) mass is 653 g/mol. The highest BCUT2D eigenvalue weighted by atomic mass is 79.9. The van der Waals surface area contributed by atoms with E-state index in [0.717, 1.165) is 4.31 Å². The Morgan fingerprint density at radius 3 is 2.28 bits per heavy atom. The molecule has 0 aliphatic carbocycles. The van der Waals surface area contributed by atoms with Gasteiger partial charge in [-0.15, -0.1) is 0 Å². The van der Waals surface area contributed by atoms with Crippen LogP contribution in [0.3, 0.4) is 0 Å². The Morgan fingerprint density at radius 2 is 1.67 bits per heavy atom. The Hall–Kier alpha value is -2.59. The maximum Gasteiger partial charge on any atom is 0.264 e. The molecule has 2 amide bonds. The van der Waals surface area contributed by atoms with Crippen LogP contribution >= 0.6 is 39.1 Å². The first-order valence-electron chi connectivity index (χ1n) is 12.3. The Kier molecular flexibility index (Phi) is 10.8. The fourth-order valence-corrected chi connectivity index (χ4v) is 6.04. The van der Waals surface area contributed by atoms with Crippen LogP contribution in [0.25, 0.3) is 0 Å². The van der Waals surface area contributed by atoms with Crippen molar-refractivity contribution < 1.29 is 18.0 Å². The van der Waals surface area contributed by atoms with Gasteiger partial charge in [-0.3, -0.25) is 13.9 Å². The van der Waals surface area contributed by atoms with Crippen molar-refractivity contribution in [2.24, 2.45) is 0 Å². The maximum absolute atomic E-state index is 13.9. The SMILES string of the molecule is CC[C@H](C)NC(=O)[C@@H](C)N(Cc1ccc(Cl)cc1Cl)C(=O)CN(c1cccc(Br)c1)S(=O)(=O)c1ccccc1. The molecule has 0 aromatic heterocycles. The number of anilines is 1. The van der Waals surface area contributed by atoms with Crippen LogP contribution in [0.1, 0.15) is 32.8 Å². The number of carbonyl (C=O) groups is 2. The first-order chi connectivity index (χ1) is 18.4. The fraction of sp³-hybridized carbons (Fsp3) is 0.286. The normalized spacial score (nSPS) is 12.9. The molecule has 2 atom stereocenters. The van der Waals surface area contributed by atoms with Crippen molar-refractivity contribution >= 4 is 66.7 Å². The van der Waals surface area contributed by atoms with Crippen LogP contribution in [0.2, 0.25) is 10.0 Å². The summed E-state index contributed by atoms with van der Waals surface area (Å²) < 4.78 is 29.2. The lowest BCUT2D eigenvalue weighted by Gasteiger charge is -2.32. The molecule has 0 unspecified atom stereocenters. The number of amides is 2. The molecule has 0 aliphatic heterocycles. The lowest BCUT2D eigenvalue weighted by atomic mass is 10.1. The summed E-state index contributed by atoms with van der Waals surface area (Å²) >= 11 is 15.8. The number of carbonyl (C=O) groups excluding carboxylic acids is 2. The molecule has 3 rings (SSSR count). The van der Waals surface area contributed by atoms with E-state index in [1.165, 1.54) is 17.0 Å². The number of nitrogens with zero attached hydrogens (tertiary/aromatic N) is 2. The average molecular weight is 655 g/mol. The molecule has 0 fully saturated rings. The summed E-state index contributed by atoms with van der Waals surface area (Å²) in [7, 11) is -4.13. The van der Waals surface area contributed by atoms with Crippen molar-refractivity contribution in [2.75, 3.05) is 10.8 Å². The predicted molar refractivity (Wildman–Crippen MR) is 159 cm³/mol. The highest BCUT2D eigenvalue weighted by Crippen LogP contribution is 2.28. The third-order valence-corrected chi connectivity index (χ3v) is 9.10. The Bertz CT molecular complexity index is 1420. The van der Waals surface area contributed by atoms with Gasteiger partial charge in [0.25, 0.3) is 10.0 Å². The van der Waals surface area contributed by atoms with Crippen molar-refractivity contribution in [2.45, 2.75) is 50.7 Å². The molecular weight excluding hydrogens is 625 g/mol. The average Bonchev–Trinajstić information content (AvgIpc) is 2.91. The molecule has 208 valence electrons. The van der Waals surface area contributed by atoms with Crippen molar-refractivity contribution in [1.29, 1.82) is 0 Å². The van der Waals surface area contributed by atoms with Gasteiger partial charge in [0.15, 0.2) is 0 Å². The summed E-state index contributed by atoms with van der Waals surface area (Å²) in [5, 5.41) is 3.66. The molecule has 11 heteroatoms. The maximum atomic E-state index is 13.9. The van der Waals surface area contributed by atoms with E-state index in [4.69, 9.17) is 23.2 Å². The molecule has 39 heavy (non-hydrogen) atoms. The van der Waals surface area contributed by atoms with E-state index in [9.17, 15) is 18.0 Å². The van der Waals surface area contributed by atoms with Crippen LogP contribution in [0, 0.1) is 0 Å². The molecule has 7 nitrogen and oxygen atoms in total. The molecule has 0 spiro atoms. The molecular formula is C28H30BrCl2N3O4S. The summed E-state index contributed by atoms with van der Waals surface area (Å²) in [6.45, 7) is 4.85. The Labute approximate surface area is 248 Å². The van der Waals surface area contributed by atoms with Crippen LogP contribution in [-0.4, -0.2) is 43.8 Å². The van der Waals surface area contributed by atoms with E-state index < -0.39 is 28.5 Å². The van der Waals surface area contributed by atoms with E-state index in [0.29, 0.717) is 32.2 Å². The molecule has 0 bridgehead atoms. The largest absolute Gasteiger partial charge is 0.352 e. The number of rotatable bonds is 11. The highest BCUT2D eigenvalue weighted by molar-refractivity contribution is 9.10. The van der Waals surface area contributed by atoms with Crippen LogP contribution in [0.4, 0.5) is 5.69 Å². The summed E-state index contributed by atoms with van der Waals surface area (Å²) in [5.41, 5.74) is 0.861. The number of hydrogen-bond acceptors (Lipinski definition) is 4. The van der Waals surface area contributed by atoms with E-state index in [1.807, 2.05) is 13.8 Å². The van der Waals surface area contributed by atoms with Gasteiger partial charge in [0.2, 0.25) is 11.8 Å². The molecule has 0 aliphatic rings. The summed E-state index contributed by atoms with van der Waals surface area (Å²) in [6.07, 6.45) is 0.710. The lowest BCUT2D eigenvalue weighted by molar-refractivity contribution is -0.139. The third kappa shape index (κ3) is 7.97. The zero-order valence-electron chi connectivity index (χ0n) is 21.8. The molecule has 0 saturated carbocycles. The zero-order valence-corrected chi connectivity index (χ0v) is 25.7. The molecule has 3 aromatic carbocycles. The quantitative estimate of drug-likeness (QED) is 0.264. The van der Waals surface area contributed by atoms with Gasteiger partial charge >= 0.3 is 0 Å². The summed E-state index contributed by atoms with van der Waals surface area (Å²) in [6, 6.07) is 18.4. The predicted octanol–water partition coefficient (Wildman–Crippen LogP) is 6.28. The molecule has 1 N–H and O–H groups in total. The minimum Gasteiger partial charge on any atom is -0.352 e. The molecule has 3 aromatic rings. The number of hydrogen-bond donors (Lipinski definition) is 1. The van der Waals surface area contributed by atoms with Crippen LogP contribution in [-0.2, 0) is 26.2 Å². The minimum absolute atomic E-state index is 0.0262. The number of halogens is 3. The van der Waals surface area contributed by atoms with Crippen LogP contribution in [0.5, 0.6) is 0 Å². The first kappa shape index (κ1) is 30.9. The van der Waals surface area contributed by atoms with Gasteiger partial charge in [0, 0.05) is 27.1 Å². The van der Waals surface area contributed by atoms with Gasteiger partial charge in [0.05, 0.1) is 10.6 Å². The highest BCUT2D eigenvalue weighted by Gasteiger charge is 2.33. The van der Waals surface area contributed by atoms with Crippen LogP contribution in [0.15, 0.2) is 82.2 Å². The van der Waals surface area contributed by atoms with E-state index >= 15 is 0 Å². The third-order valence-electron chi connectivity index (χ3n) is 6.23. The van der Waals surface area contributed by atoms with Gasteiger partial charge in [-0.25, -0.2) is 8.42 Å². The van der Waals surface area contributed by atoms with Gasteiger partial charge < -0.3 is 10.2 Å². The van der Waals surface area contributed by atoms with Gasteiger partial charge in [-0.05, 0) is 68.3 Å². The lowest BCUT2D eigenvalue weighted by Crippen LogP contribution is -2.52. The minimum atomic E-state index is -4.13. The summed E-state index contributed by atoms with van der Waals surface area (Å²) in [4.78, 5) is 28.4. The van der Waals surface area contributed by atoms with Crippen molar-refractivity contribution in [3.63, 3.8) is 0 Å². The second kappa shape index (κ2) is 13.7. The van der Waals surface area contributed by atoms with Crippen LogP contribution < -0.4 is 9.62 Å². The smallest absolute Gasteiger partial charge is 0.264 e. The second-order valence-corrected chi connectivity index (χ2v) is 12.7. The molecule has 0 saturated heterocycles. The van der Waals surface area contributed by atoms with E-state index in [1.54, 1.807) is 67.6 Å². The first-order valence-corrected chi connectivity index (χ1v) is 15.3.